The van der Waals surface area contributed by atoms with Gasteiger partial charge in [-0.25, -0.2) is 4.98 Å². The van der Waals surface area contributed by atoms with E-state index in [0.717, 1.165) is 9.86 Å². The average molecular weight is 273 g/mol. The molecule has 0 atom stereocenters. The van der Waals surface area contributed by atoms with Gasteiger partial charge in [-0.3, -0.25) is 0 Å². The summed E-state index contributed by atoms with van der Waals surface area (Å²) in [5.41, 5.74) is 1.04. The Kier molecular flexibility index (Phi) is 11.6. The zero-order chi connectivity index (χ0) is 10.6. The van der Waals surface area contributed by atoms with Crippen LogP contribution < -0.4 is 69.3 Å². The number of carboxylic acid groups (broad SMARTS) is 2. The second-order valence-electron chi connectivity index (χ2n) is 2.21. The fraction of sp³-hybridized carbons (Fsp3) is 0. The van der Waals surface area contributed by atoms with Crippen molar-refractivity contribution >= 4 is 40.3 Å². The van der Waals surface area contributed by atoms with Crippen LogP contribution in [0.2, 0.25) is 0 Å². The number of thiazole rings is 1. The van der Waals surface area contributed by atoms with Crippen molar-refractivity contribution in [3.63, 3.8) is 0 Å². The Morgan fingerprint density at radius 3 is 2.25 bits per heavy atom. The molecule has 0 aliphatic heterocycles. The summed E-state index contributed by atoms with van der Waals surface area (Å²) >= 11 is 5.76. The number of carbonyl (C=O) groups is 1. The molecule has 0 fully saturated rings. The molecule has 0 amide bonds. The number of aromatic nitrogens is 1. The predicted molar refractivity (Wildman–Crippen MR) is 52.3 cm³/mol. The molecule has 0 saturated heterocycles. The molecule has 0 N–H and O–H groups in total. The molecule has 1 aromatic heterocycles. The van der Waals surface area contributed by atoms with Crippen molar-refractivity contribution in [2.24, 2.45) is 0 Å². The number of hydrogen-bond acceptors (Lipinski definition) is 6. The van der Waals surface area contributed by atoms with Crippen molar-refractivity contribution in [3.8, 4) is 0 Å². The first-order chi connectivity index (χ1) is 6.59. The molecule has 4 nitrogen and oxygen atoms in total. The Labute approximate surface area is 146 Å². The minimum absolute atomic E-state index is 0. The van der Waals surface area contributed by atoms with Crippen molar-refractivity contribution in [2.75, 3.05) is 0 Å². The maximum Gasteiger partial charge on any atom is 1.00 e. The van der Waals surface area contributed by atoms with Crippen molar-refractivity contribution in [1.29, 1.82) is 0 Å². The number of fused-ring (bicyclic) bond motifs is 1. The van der Waals surface area contributed by atoms with Crippen LogP contribution in [0.3, 0.4) is 0 Å². The van der Waals surface area contributed by atoms with Crippen LogP contribution in [-0.2, 0) is 0 Å². The third kappa shape index (κ3) is 7.13. The van der Waals surface area contributed by atoms with E-state index in [2.05, 4.69) is 17.6 Å². The van der Waals surface area contributed by atoms with Gasteiger partial charge >= 0.3 is 59.1 Å². The zero-order valence-electron chi connectivity index (χ0n) is 8.84. The van der Waals surface area contributed by atoms with E-state index in [1.807, 2.05) is 24.3 Å². The van der Waals surface area contributed by atoms with Crippen LogP contribution in [0.4, 0.5) is 4.79 Å². The molecule has 8 heteroatoms. The molecule has 0 unspecified atom stereocenters. The van der Waals surface area contributed by atoms with E-state index in [1.165, 1.54) is 4.70 Å². The Morgan fingerprint density at radius 1 is 1.25 bits per heavy atom. The second-order valence-corrected chi connectivity index (χ2v) is 3.97. The molecule has 74 valence electrons. The molecule has 16 heavy (non-hydrogen) atoms. The predicted octanol–water partition coefficient (Wildman–Crippen LogP) is -5.85. The number of hydrogen-bond donors (Lipinski definition) is 1. The summed E-state index contributed by atoms with van der Waals surface area (Å²) in [7, 11) is 0. The summed E-state index contributed by atoms with van der Waals surface area (Å²) in [6.45, 7) is 0. The van der Waals surface area contributed by atoms with Crippen molar-refractivity contribution < 1.29 is 74.1 Å². The third-order valence-electron chi connectivity index (χ3n) is 1.28. The fourth-order valence-electron chi connectivity index (χ4n) is 0.860. The van der Waals surface area contributed by atoms with Crippen LogP contribution in [-0.4, -0.2) is 11.1 Å². The average Bonchev–Trinajstić information content (AvgIpc) is 2.42. The molecular formula is C8H5NNa2O3S2. The number of benzene rings is 1. The van der Waals surface area contributed by atoms with Gasteiger partial charge < -0.3 is 15.0 Å². The van der Waals surface area contributed by atoms with Gasteiger partial charge in [-0.05, 0) is 18.3 Å². The Bertz CT molecular complexity index is 413. The van der Waals surface area contributed by atoms with Crippen molar-refractivity contribution in [1.82, 2.24) is 4.98 Å². The van der Waals surface area contributed by atoms with Gasteiger partial charge in [0.2, 0.25) is 0 Å². The number of thiol groups is 1. The molecule has 0 spiro atoms. The maximum atomic E-state index is 8.33. The molecule has 0 bridgehead atoms. The van der Waals surface area contributed by atoms with Crippen molar-refractivity contribution in [3.05, 3.63) is 24.3 Å². The van der Waals surface area contributed by atoms with Crippen LogP contribution >= 0.6 is 24.0 Å². The third-order valence-corrected chi connectivity index (χ3v) is 2.50. The topological polar surface area (TPSA) is 76.1 Å². The smallest absolute Gasteiger partial charge is 0.652 e. The minimum Gasteiger partial charge on any atom is -0.652 e. The number of rotatable bonds is 0. The van der Waals surface area contributed by atoms with Crippen LogP contribution in [0, 0.1) is 0 Å². The summed E-state index contributed by atoms with van der Waals surface area (Å²) in [5, 5.41) is 16.7. The summed E-state index contributed by atoms with van der Waals surface area (Å²) in [6, 6.07) is 8.03. The van der Waals surface area contributed by atoms with Crippen LogP contribution in [0.15, 0.2) is 28.6 Å². The van der Waals surface area contributed by atoms with Crippen LogP contribution in [0.1, 0.15) is 0 Å². The summed E-state index contributed by atoms with van der Waals surface area (Å²) in [4.78, 5) is 12.5. The summed E-state index contributed by atoms with van der Waals surface area (Å²) in [5.74, 6) is 0. The maximum absolute atomic E-state index is 8.33. The largest absolute Gasteiger partial charge is 1.00 e. The van der Waals surface area contributed by atoms with E-state index in [-0.39, 0.29) is 59.1 Å². The Balaban J connectivity index is 0. The molecule has 0 radical (unpaired) electrons. The van der Waals surface area contributed by atoms with Gasteiger partial charge in [-0.15, -0.1) is 24.0 Å². The van der Waals surface area contributed by atoms with E-state index >= 15 is 0 Å². The van der Waals surface area contributed by atoms with E-state index in [0.29, 0.717) is 0 Å². The van der Waals surface area contributed by atoms with E-state index in [1.54, 1.807) is 11.3 Å². The minimum atomic E-state index is -2.33. The van der Waals surface area contributed by atoms with E-state index < -0.39 is 6.16 Å². The zero-order valence-corrected chi connectivity index (χ0v) is 14.5. The summed E-state index contributed by atoms with van der Waals surface area (Å²) in [6.07, 6.45) is -2.33. The Hall–Kier alpha value is 0.730. The number of carbonyl (C=O) groups excluding carboxylic acids is 1. The molecule has 1 heterocycles. The number of nitrogens with zero attached hydrogens (tertiary/aromatic N) is 1. The van der Waals surface area contributed by atoms with Gasteiger partial charge in [0.1, 0.15) is 4.34 Å². The van der Waals surface area contributed by atoms with Gasteiger partial charge in [0, 0.05) is 0 Å². The standard InChI is InChI=1S/C7H5NS2.CH2O3.2Na/c9-7-8-5-3-1-2-4-6(5)10-7;2-1(3)4;;/h1-4H,(H,8,9);(H2,2,3,4);;/q;;2*+1/p-2. The van der Waals surface area contributed by atoms with Gasteiger partial charge in [-0.2, -0.15) is 0 Å². The molecule has 0 aliphatic rings. The van der Waals surface area contributed by atoms with Gasteiger partial charge in [0.25, 0.3) is 0 Å². The monoisotopic (exact) mass is 273 g/mol. The van der Waals surface area contributed by atoms with Gasteiger partial charge in [0.05, 0.1) is 10.2 Å². The molecular weight excluding hydrogens is 268 g/mol. The van der Waals surface area contributed by atoms with E-state index in [9.17, 15) is 0 Å². The fourth-order valence-corrected chi connectivity index (χ4v) is 1.97. The molecule has 2 rings (SSSR count). The normalized spacial score (nSPS) is 8.06. The van der Waals surface area contributed by atoms with Crippen molar-refractivity contribution in [2.45, 2.75) is 4.34 Å². The first kappa shape index (κ1) is 19.1. The van der Waals surface area contributed by atoms with Crippen LogP contribution in [0.5, 0.6) is 0 Å². The SMILES string of the molecule is O=C([O-])[O-].Sc1nc2ccccc2s1.[Na+].[Na+]. The van der Waals surface area contributed by atoms with Gasteiger partial charge in [-0.1, -0.05) is 12.1 Å². The molecule has 2 aromatic rings. The molecule has 1 aromatic carbocycles. The van der Waals surface area contributed by atoms with Gasteiger partial charge in [0.15, 0.2) is 0 Å². The quantitative estimate of drug-likeness (QED) is 0.383. The first-order valence-corrected chi connectivity index (χ1v) is 4.78. The molecule has 0 aliphatic carbocycles. The Morgan fingerprint density at radius 2 is 1.75 bits per heavy atom. The van der Waals surface area contributed by atoms with Crippen LogP contribution in [0.25, 0.3) is 10.2 Å². The first-order valence-electron chi connectivity index (χ1n) is 3.52. The second kappa shape index (κ2) is 9.73. The van der Waals surface area contributed by atoms with E-state index in [4.69, 9.17) is 15.0 Å². The summed E-state index contributed by atoms with van der Waals surface area (Å²) < 4.78 is 2.04. The molecule has 0 saturated carbocycles. The number of para-hydroxylation sites is 1.